The molecule has 1 aliphatic rings. The number of para-hydroxylation sites is 2. The number of H-pyrrole nitrogens is 1. The van der Waals surface area contributed by atoms with Gasteiger partial charge in [0.1, 0.15) is 12.4 Å². The maximum Gasteiger partial charge on any atom is 0.330 e. The molecule has 1 aromatic carbocycles. The summed E-state index contributed by atoms with van der Waals surface area (Å²) in [6.07, 6.45) is 1.38. The fourth-order valence-corrected chi connectivity index (χ4v) is 5.06. The Bertz CT molecular complexity index is 1490. The maximum absolute atomic E-state index is 12.6. The fraction of sp³-hybridized carbons (Fsp3) is 0.435. The highest BCUT2D eigenvalue weighted by atomic mass is 32.2. The van der Waals surface area contributed by atoms with Crippen molar-refractivity contribution >= 4 is 22.9 Å². The van der Waals surface area contributed by atoms with Crippen molar-refractivity contribution in [3.8, 4) is 11.5 Å². The number of ether oxygens (including phenoxy) is 2. The van der Waals surface area contributed by atoms with Crippen molar-refractivity contribution in [2.24, 2.45) is 7.05 Å². The molecule has 0 saturated heterocycles. The predicted molar refractivity (Wildman–Crippen MR) is 131 cm³/mol. The van der Waals surface area contributed by atoms with E-state index in [1.165, 1.54) is 11.8 Å². The van der Waals surface area contributed by atoms with Crippen molar-refractivity contribution in [1.29, 1.82) is 0 Å². The van der Waals surface area contributed by atoms with Gasteiger partial charge in [-0.05, 0) is 25.5 Å². The van der Waals surface area contributed by atoms with E-state index < -0.39 is 11.2 Å². The van der Waals surface area contributed by atoms with Crippen LogP contribution in [0.5, 0.6) is 11.5 Å². The normalized spacial score (nSPS) is 15.1. The van der Waals surface area contributed by atoms with E-state index in [0.29, 0.717) is 64.9 Å². The number of hydrogen-bond acceptors (Lipinski definition) is 8. The van der Waals surface area contributed by atoms with Gasteiger partial charge in [-0.1, -0.05) is 37.2 Å². The summed E-state index contributed by atoms with van der Waals surface area (Å²) < 4.78 is 17.2. The number of imidazole rings is 1. The highest BCUT2D eigenvalue weighted by molar-refractivity contribution is 7.98. The molecule has 1 atom stereocenters. The minimum Gasteiger partial charge on any atom is -0.485 e. The molecule has 4 heterocycles. The van der Waals surface area contributed by atoms with Gasteiger partial charge >= 0.3 is 5.69 Å². The zero-order valence-corrected chi connectivity index (χ0v) is 20.7. The van der Waals surface area contributed by atoms with Gasteiger partial charge in [0.15, 0.2) is 39.7 Å². The Morgan fingerprint density at radius 1 is 1.14 bits per heavy atom. The van der Waals surface area contributed by atoms with Crippen LogP contribution < -0.4 is 20.7 Å². The van der Waals surface area contributed by atoms with Crippen molar-refractivity contribution in [3.63, 3.8) is 0 Å². The van der Waals surface area contributed by atoms with Gasteiger partial charge < -0.3 is 18.6 Å². The first kappa shape index (κ1) is 23.2. The van der Waals surface area contributed by atoms with Crippen molar-refractivity contribution in [2.45, 2.75) is 56.8 Å². The van der Waals surface area contributed by atoms with Crippen molar-refractivity contribution in [1.82, 2.24) is 33.9 Å². The summed E-state index contributed by atoms with van der Waals surface area (Å²) in [4.78, 5) is 32.2. The van der Waals surface area contributed by atoms with E-state index in [4.69, 9.17) is 14.5 Å². The molecule has 1 aliphatic heterocycles. The zero-order valence-electron chi connectivity index (χ0n) is 19.9. The molecule has 11 nitrogen and oxygen atoms in total. The lowest BCUT2D eigenvalue weighted by molar-refractivity contribution is 0.0825. The molecule has 1 N–H and O–H groups in total. The number of aromatic amines is 1. The number of thioether (sulfide) groups is 1. The van der Waals surface area contributed by atoms with Crippen LogP contribution in [-0.2, 0) is 25.9 Å². The first-order valence-corrected chi connectivity index (χ1v) is 12.6. The smallest absolute Gasteiger partial charge is 0.330 e. The molecule has 12 heteroatoms. The quantitative estimate of drug-likeness (QED) is 0.369. The Kier molecular flexibility index (Phi) is 6.37. The molecule has 0 amide bonds. The third kappa shape index (κ3) is 4.22. The Balaban J connectivity index is 1.40. The molecule has 0 aliphatic carbocycles. The lowest BCUT2D eigenvalue weighted by atomic mass is 10.2. The molecule has 0 spiro atoms. The van der Waals surface area contributed by atoms with Gasteiger partial charge in [-0.3, -0.25) is 14.3 Å². The highest BCUT2D eigenvalue weighted by Crippen LogP contribution is 2.36. The van der Waals surface area contributed by atoms with Crippen LogP contribution in [0.2, 0.25) is 0 Å². The van der Waals surface area contributed by atoms with Crippen LogP contribution in [-0.4, -0.2) is 40.5 Å². The van der Waals surface area contributed by atoms with Gasteiger partial charge in [-0.15, -0.1) is 10.2 Å². The van der Waals surface area contributed by atoms with Crippen LogP contribution in [0.4, 0.5) is 0 Å². The molecule has 0 fully saturated rings. The van der Waals surface area contributed by atoms with E-state index >= 15 is 0 Å². The molecule has 0 radical (unpaired) electrons. The minimum absolute atomic E-state index is 0.345. The van der Waals surface area contributed by atoms with Crippen LogP contribution in [0, 0.1) is 0 Å². The van der Waals surface area contributed by atoms with Gasteiger partial charge in [0.25, 0.3) is 5.56 Å². The summed E-state index contributed by atoms with van der Waals surface area (Å²) >= 11 is 1.46. The number of benzene rings is 1. The van der Waals surface area contributed by atoms with Gasteiger partial charge in [0, 0.05) is 20.1 Å². The summed E-state index contributed by atoms with van der Waals surface area (Å²) in [7, 11) is 1.89. The van der Waals surface area contributed by atoms with Gasteiger partial charge in [-0.2, -0.15) is 0 Å². The summed E-state index contributed by atoms with van der Waals surface area (Å²) in [6.45, 7) is 5.42. The molecule has 5 rings (SSSR count). The number of rotatable bonds is 8. The molecule has 184 valence electrons. The van der Waals surface area contributed by atoms with E-state index in [2.05, 4.69) is 22.1 Å². The molecular formula is C23H27N7O4S. The standard InChI is InChI=1S/C23H27N7O4S/c1-4-6-11-30-20-18(21(31)25-22(30)32)29(5-2)17(24-20)13-35-23-27-26-19(28(23)3)16-12-33-14-9-7-8-10-15(14)34-16/h7-10,16H,4-6,11-13H2,1-3H3,(H,25,31,32). The van der Waals surface area contributed by atoms with Gasteiger partial charge in [0.2, 0.25) is 0 Å². The van der Waals surface area contributed by atoms with E-state index in [9.17, 15) is 9.59 Å². The van der Waals surface area contributed by atoms with Crippen molar-refractivity contribution in [2.75, 3.05) is 6.61 Å². The molecule has 0 saturated carbocycles. The molecule has 4 aromatic rings. The SMILES string of the molecule is CCCCn1c(=O)[nH]c(=O)c2c1nc(CSc1nnc(C3COc4ccccc4O3)n1C)n2CC. The Labute approximate surface area is 205 Å². The highest BCUT2D eigenvalue weighted by Gasteiger charge is 2.28. The van der Waals surface area contributed by atoms with Crippen molar-refractivity contribution < 1.29 is 9.47 Å². The van der Waals surface area contributed by atoms with E-state index in [-0.39, 0.29) is 6.10 Å². The van der Waals surface area contributed by atoms with Gasteiger partial charge in [-0.25, -0.2) is 9.78 Å². The first-order chi connectivity index (χ1) is 17.0. The molecule has 0 bridgehead atoms. The number of nitrogens with zero attached hydrogens (tertiary/aromatic N) is 6. The number of aryl methyl sites for hydroxylation is 2. The van der Waals surface area contributed by atoms with Crippen LogP contribution in [0.15, 0.2) is 39.0 Å². The molecule has 3 aromatic heterocycles. The predicted octanol–water partition coefficient (Wildman–Crippen LogP) is 2.64. The third-order valence-electron chi connectivity index (χ3n) is 6.01. The number of unbranched alkanes of at least 4 members (excludes halogenated alkanes) is 1. The average Bonchev–Trinajstić information content (AvgIpc) is 3.42. The summed E-state index contributed by atoms with van der Waals surface area (Å²) in [5.74, 6) is 3.21. The van der Waals surface area contributed by atoms with E-state index in [1.807, 2.05) is 47.4 Å². The maximum atomic E-state index is 12.6. The van der Waals surface area contributed by atoms with E-state index in [0.717, 1.165) is 12.8 Å². The van der Waals surface area contributed by atoms with Crippen molar-refractivity contribution in [3.05, 3.63) is 56.8 Å². The first-order valence-electron chi connectivity index (χ1n) is 11.6. The van der Waals surface area contributed by atoms with Crippen LogP contribution in [0.25, 0.3) is 11.2 Å². The Hall–Kier alpha value is -3.54. The summed E-state index contributed by atoms with van der Waals surface area (Å²) in [6, 6.07) is 7.54. The average molecular weight is 498 g/mol. The molecular weight excluding hydrogens is 470 g/mol. The minimum atomic E-state index is -0.426. The second-order valence-electron chi connectivity index (χ2n) is 8.26. The third-order valence-corrected chi connectivity index (χ3v) is 7.03. The fourth-order valence-electron chi connectivity index (χ4n) is 4.20. The zero-order chi connectivity index (χ0) is 24.5. The number of aromatic nitrogens is 7. The monoisotopic (exact) mass is 497 g/mol. The summed E-state index contributed by atoms with van der Waals surface area (Å²) in [5.41, 5.74) is 0.00254. The number of nitrogens with one attached hydrogen (secondary N) is 1. The lowest BCUT2D eigenvalue weighted by Gasteiger charge is -2.25. The Morgan fingerprint density at radius 2 is 1.94 bits per heavy atom. The second-order valence-corrected chi connectivity index (χ2v) is 9.20. The van der Waals surface area contributed by atoms with Crippen LogP contribution in [0.3, 0.4) is 0 Å². The second kappa shape index (κ2) is 9.61. The van der Waals surface area contributed by atoms with Crippen LogP contribution in [0.1, 0.15) is 44.4 Å². The summed E-state index contributed by atoms with van der Waals surface area (Å²) in [5, 5.41) is 9.37. The largest absolute Gasteiger partial charge is 0.485 e. The van der Waals surface area contributed by atoms with Crippen LogP contribution >= 0.6 is 11.8 Å². The number of hydrogen-bond donors (Lipinski definition) is 1. The Morgan fingerprint density at radius 3 is 2.71 bits per heavy atom. The van der Waals surface area contributed by atoms with E-state index in [1.54, 1.807) is 4.57 Å². The molecule has 1 unspecified atom stereocenters. The number of fused-ring (bicyclic) bond motifs is 2. The lowest BCUT2D eigenvalue weighted by Crippen LogP contribution is -2.31. The molecule has 35 heavy (non-hydrogen) atoms. The van der Waals surface area contributed by atoms with Gasteiger partial charge in [0.05, 0.1) is 5.75 Å². The topological polar surface area (TPSA) is 122 Å².